The molecule has 0 aliphatic rings. The number of hydrogen-bond acceptors (Lipinski definition) is 3. The van der Waals surface area contributed by atoms with Gasteiger partial charge < -0.3 is 14.6 Å². The van der Waals surface area contributed by atoms with E-state index in [2.05, 4.69) is 11.8 Å². The predicted molar refractivity (Wildman–Crippen MR) is 62.4 cm³/mol. The van der Waals surface area contributed by atoms with Gasteiger partial charge in [-0.3, -0.25) is 0 Å². The lowest BCUT2D eigenvalue weighted by molar-refractivity contribution is 0.146. The van der Waals surface area contributed by atoms with E-state index in [9.17, 15) is 0 Å². The van der Waals surface area contributed by atoms with Crippen LogP contribution in [0.25, 0.3) is 0 Å². The minimum absolute atomic E-state index is 0.0830. The van der Waals surface area contributed by atoms with E-state index >= 15 is 0 Å². The maximum absolute atomic E-state index is 8.64. The molecule has 0 aromatic heterocycles. The van der Waals surface area contributed by atoms with Crippen LogP contribution in [0.3, 0.4) is 0 Å². The van der Waals surface area contributed by atoms with Gasteiger partial charge in [-0.25, -0.2) is 0 Å². The van der Waals surface area contributed by atoms with Crippen molar-refractivity contribution in [2.75, 3.05) is 26.9 Å². The largest absolute Gasteiger partial charge is 0.490 e. The van der Waals surface area contributed by atoms with Crippen LogP contribution in [0.15, 0.2) is 24.3 Å². The third-order valence-electron chi connectivity index (χ3n) is 1.89. The summed E-state index contributed by atoms with van der Waals surface area (Å²) in [7, 11) is 1.64. The number of methoxy groups -OCH3 is 1. The van der Waals surface area contributed by atoms with Gasteiger partial charge in [0.25, 0.3) is 0 Å². The highest BCUT2D eigenvalue weighted by Crippen LogP contribution is 2.16. The van der Waals surface area contributed by atoms with E-state index < -0.39 is 0 Å². The SMILES string of the molecule is COCCOc1ccccc1C#CCCO. The van der Waals surface area contributed by atoms with Crippen LogP contribution < -0.4 is 4.74 Å². The predicted octanol–water partition coefficient (Wildman–Crippen LogP) is 1.45. The van der Waals surface area contributed by atoms with Gasteiger partial charge in [0.2, 0.25) is 0 Å². The van der Waals surface area contributed by atoms with Crippen LogP contribution in [0.5, 0.6) is 5.75 Å². The first kappa shape index (κ1) is 12.6. The fraction of sp³-hybridized carbons (Fsp3) is 0.385. The number of aliphatic hydroxyl groups excluding tert-OH is 1. The highest BCUT2D eigenvalue weighted by atomic mass is 16.5. The van der Waals surface area contributed by atoms with Crippen molar-refractivity contribution in [3.8, 4) is 17.6 Å². The summed E-state index contributed by atoms with van der Waals surface area (Å²) in [4.78, 5) is 0. The summed E-state index contributed by atoms with van der Waals surface area (Å²) < 4.78 is 10.4. The lowest BCUT2D eigenvalue weighted by atomic mass is 10.2. The number of hydrogen-bond donors (Lipinski definition) is 1. The van der Waals surface area contributed by atoms with E-state index in [1.165, 1.54) is 0 Å². The highest BCUT2D eigenvalue weighted by molar-refractivity contribution is 5.45. The van der Waals surface area contributed by atoms with Crippen LogP contribution >= 0.6 is 0 Å². The fourth-order valence-corrected chi connectivity index (χ4v) is 1.14. The minimum Gasteiger partial charge on any atom is -0.490 e. The molecule has 86 valence electrons. The second-order valence-corrected chi connectivity index (χ2v) is 3.11. The molecule has 0 radical (unpaired) electrons. The average molecular weight is 220 g/mol. The quantitative estimate of drug-likeness (QED) is 0.603. The first-order valence-corrected chi connectivity index (χ1v) is 5.19. The van der Waals surface area contributed by atoms with Crippen molar-refractivity contribution in [1.82, 2.24) is 0 Å². The van der Waals surface area contributed by atoms with Crippen molar-refractivity contribution >= 4 is 0 Å². The molecule has 0 atom stereocenters. The minimum atomic E-state index is 0.0830. The molecule has 0 unspecified atom stereocenters. The van der Waals surface area contributed by atoms with Crippen molar-refractivity contribution < 1.29 is 14.6 Å². The first-order chi connectivity index (χ1) is 7.88. The number of rotatable bonds is 5. The molecule has 3 heteroatoms. The Bertz CT molecular complexity index is 363. The second-order valence-electron chi connectivity index (χ2n) is 3.11. The van der Waals surface area contributed by atoms with E-state index in [1.54, 1.807) is 7.11 Å². The molecule has 1 rings (SSSR count). The molecule has 0 aliphatic carbocycles. The first-order valence-electron chi connectivity index (χ1n) is 5.19. The van der Waals surface area contributed by atoms with E-state index in [0.29, 0.717) is 19.6 Å². The zero-order chi connectivity index (χ0) is 11.6. The van der Waals surface area contributed by atoms with Crippen molar-refractivity contribution in [3.05, 3.63) is 29.8 Å². The van der Waals surface area contributed by atoms with Gasteiger partial charge in [-0.2, -0.15) is 0 Å². The maximum atomic E-state index is 8.64. The molecule has 0 heterocycles. The summed E-state index contributed by atoms with van der Waals surface area (Å²) in [6, 6.07) is 7.58. The van der Waals surface area contributed by atoms with Crippen molar-refractivity contribution in [1.29, 1.82) is 0 Å². The Morgan fingerprint density at radius 3 is 2.81 bits per heavy atom. The summed E-state index contributed by atoms with van der Waals surface area (Å²) >= 11 is 0. The third kappa shape index (κ3) is 4.35. The Hall–Kier alpha value is -1.50. The van der Waals surface area contributed by atoms with Crippen molar-refractivity contribution in [2.24, 2.45) is 0 Å². The van der Waals surface area contributed by atoms with Crippen LogP contribution in [0.1, 0.15) is 12.0 Å². The summed E-state index contributed by atoms with van der Waals surface area (Å²) in [5.41, 5.74) is 0.840. The summed E-state index contributed by atoms with van der Waals surface area (Å²) in [5.74, 6) is 6.59. The molecule has 0 spiro atoms. The van der Waals surface area contributed by atoms with E-state index in [1.807, 2.05) is 24.3 Å². The second kappa shape index (κ2) is 7.75. The molecule has 1 aromatic carbocycles. The van der Waals surface area contributed by atoms with Gasteiger partial charge in [0.05, 0.1) is 18.8 Å². The Labute approximate surface area is 96.0 Å². The number of para-hydroxylation sites is 1. The molecule has 1 aromatic rings. The van der Waals surface area contributed by atoms with Gasteiger partial charge >= 0.3 is 0 Å². The molecule has 1 N–H and O–H groups in total. The van der Waals surface area contributed by atoms with Gasteiger partial charge in [-0.1, -0.05) is 24.0 Å². The van der Waals surface area contributed by atoms with Gasteiger partial charge in [-0.15, -0.1) is 0 Å². The maximum Gasteiger partial charge on any atom is 0.135 e. The van der Waals surface area contributed by atoms with Gasteiger partial charge in [0.1, 0.15) is 12.4 Å². The van der Waals surface area contributed by atoms with E-state index in [4.69, 9.17) is 14.6 Å². The Balaban J connectivity index is 2.65. The molecular weight excluding hydrogens is 204 g/mol. The molecule has 16 heavy (non-hydrogen) atoms. The van der Waals surface area contributed by atoms with Gasteiger partial charge in [0, 0.05) is 13.5 Å². The molecule has 0 fully saturated rings. The molecule has 0 saturated heterocycles. The van der Waals surface area contributed by atoms with E-state index in [-0.39, 0.29) is 6.61 Å². The molecular formula is C13H16O3. The Morgan fingerprint density at radius 1 is 1.25 bits per heavy atom. The zero-order valence-corrected chi connectivity index (χ0v) is 9.40. The van der Waals surface area contributed by atoms with Crippen LogP contribution in [0.4, 0.5) is 0 Å². The van der Waals surface area contributed by atoms with Crippen LogP contribution in [-0.2, 0) is 4.74 Å². The standard InChI is InChI=1S/C13H16O3/c1-15-10-11-16-13-8-3-2-6-12(13)7-4-5-9-14/h2-3,6,8,14H,5,9-11H2,1H3. The summed E-state index contributed by atoms with van der Waals surface area (Å²) in [5, 5.41) is 8.64. The normalized spacial score (nSPS) is 9.38. The Morgan fingerprint density at radius 2 is 2.06 bits per heavy atom. The van der Waals surface area contributed by atoms with E-state index in [0.717, 1.165) is 11.3 Å². The highest BCUT2D eigenvalue weighted by Gasteiger charge is 1.98. The molecule has 0 saturated carbocycles. The fourth-order valence-electron chi connectivity index (χ4n) is 1.14. The van der Waals surface area contributed by atoms with Crippen molar-refractivity contribution in [2.45, 2.75) is 6.42 Å². The lowest BCUT2D eigenvalue weighted by Crippen LogP contribution is -2.05. The number of aliphatic hydroxyl groups is 1. The molecule has 3 nitrogen and oxygen atoms in total. The molecule has 0 aliphatic heterocycles. The lowest BCUT2D eigenvalue weighted by Gasteiger charge is -2.06. The van der Waals surface area contributed by atoms with Crippen LogP contribution in [0.2, 0.25) is 0 Å². The number of ether oxygens (including phenoxy) is 2. The monoisotopic (exact) mass is 220 g/mol. The van der Waals surface area contributed by atoms with Crippen LogP contribution in [-0.4, -0.2) is 32.0 Å². The summed E-state index contributed by atoms with van der Waals surface area (Å²) in [6.07, 6.45) is 0.479. The van der Waals surface area contributed by atoms with Crippen LogP contribution in [0, 0.1) is 11.8 Å². The van der Waals surface area contributed by atoms with Crippen molar-refractivity contribution in [3.63, 3.8) is 0 Å². The number of benzene rings is 1. The Kier molecular flexibility index (Phi) is 6.09. The smallest absolute Gasteiger partial charge is 0.135 e. The molecule has 0 bridgehead atoms. The topological polar surface area (TPSA) is 38.7 Å². The van der Waals surface area contributed by atoms with Gasteiger partial charge in [-0.05, 0) is 12.1 Å². The zero-order valence-electron chi connectivity index (χ0n) is 9.40. The van der Waals surface area contributed by atoms with Gasteiger partial charge in [0.15, 0.2) is 0 Å². The molecule has 0 amide bonds. The third-order valence-corrected chi connectivity index (χ3v) is 1.89. The summed E-state index contributed by atoms with van der Waals surface area (Å²) in [6.45, 7) is 1.15. The average Bonchev–Trinajstić information content (AvgIpc) is 2.32.